The minimum Gasteiger partial charge on any atom is -0.345 e. The molecule has 0 saturated carbocycles. The fourth-order valence-corrected chi connectivity index (χ4v) is 3.61. The zero-order chi connectivity index (χ0) is 16.1. The first kappa shape index (κ1) is 17.2. The summed E-state index contributed by atoms with van der Waals surface area (Å²) in [4.78, 5) is 14.7. The van der Waals surface area contributed by atoms with Crippen LogP contribution in [0.25, 0.3) is 0 Å². The predicted octanol–water partition coefficient (Wildman–Crippen LogP) is 2.71. The molecule has 3 nitrogen and oxygen atoms in total. The Kier molecular flexibility index (Phi) is 6.17. The molecule has 0 fully saturated rings. The molecule has 1 heterocycles. The van der Waals surface area contributed by atoms with Gasteiger partial charge >= 0.3 is 0 Å². The Bertz CT molecular complexity index is 624. The third kappa shape index (κ3) is 4.93. The highest BCUT2D eigenvalue weighted by Gasteiger charge is 2.15. The third-order valence-corrected chi connectivity index (χ3v) is 5.19. The Hall–Kier alpha value is -1.17. The molecule has 22 heavy (non-hydrogen) atoms. The second-order valence-electron chi connectivity index (χ2n) is 5.68. The van der Waals surface area contributed by atoms with Crippen LogP contribution in [0.5, 0.6) is 0 Å². The van der Waals surface area contributed by atoms with Gasteiger partial charge in [0.1, 0.15) is 6.54 Å². The number of likely N-dealkylation sites (N-methyl/N-ethyl adjacent to an activating group) is 1. The molecule has 2 atom stereocenters. The van der Waals surface area contributed by atoms with Gasteiger partial charge in [0, 0.05) is 4.47 Å². The maximum atomic E-state index is 12.2. The topological polar surface area (TPSA) is 33.5 Å². The summed E-state index contributed by atoms with van der Waals surface area (Å²) < 4.78 is 1.05. The maximum absolute atomic E-state index is 12.2. The summed E-state index contributed by atoms with van der Waals surface area (Å²) in [5.74, 6) is 0.0853. The number of aryl methyl sites for hydroxylation is 1. The first-order chi connectivity index (χ1) is 10.5. The summed E-state index contributed by atoms with van der Waals surface area (Å²) in [5.41, 5.74) is 2.43. The van der Waals surface area contributed by atoms with Crippen LogP contribution in [0.1, 0.15) is 29.0 Å². The number of benzene rings is 1. The highest BCUT2D eigenvalue weighted by molar-refractivity contribution is 9.10. The molecule has 0 bridgehead atoms. The van der Waals surface area contributed by atoms with E-state index in [9.17, 15) is 4.79 Å². The van der Waals surface area contributed by atoms with Crippen LogP contribution in [0, 0.1) is 6.92 Å². The van der Waals surface area contributed by atoms with Crippen molar-refractivity contribution in [1.29, 1.82) is 0 Å². The fourth-order valence-electron chi connectivity index (χ4n) is 2.32. The summed E-state index contributed by atoms with van der Waals surface area (Å²) >= 11 is 5.18. The molecule has 0 spiro atoms. The van der Waals surface area contributed by atoms with Gasteiger partial charge in [0.25, 0.3) is 5.91 Å². The zero-order valence-corrected chi connectivity index (χ0v) is 15.6. The maximum Gasteiger partial charge on any atom is 0.275 e. The van der Waals surface area contributed by atoms with Gasteiger partial charge in [-0.2, -0.15) is 0 Å². The molecule has 2 rings (SSSR count). The van der Waals surface area contributed by atoms with Gasteiger partial charge in [0.05, 0.1) is 18.0 Å². The van der Waals surface area contributed by atoms with Gasteiger partial charge in [-0.25, -0.2) is 0 Å². The van der Waals surface area contributed by atoms with Gasteiger partial charge < -0.3 is 10.2 Å². The zero-order valence-electron chi connectivity index (χ0n) is 13.2. The van der Waals surface area contributed by atoms with Gasteiger partial charge in [-0.3, -0.25) is 4.79 Å². The number of halogens is 1. The van der Waals surface area contributed by atoms with Crippen molar-refractivity contribution in [3.63, 3.8) is 0 Å². The molecule has 5 heteroatoms. The molecule has 1 amide bonds. The number of rotatable bonds is 6. The molecule has 0 radical (unpaired) electrons. The van der Waals surface area contributed by atoms with E-state index in [-0.39, 0.29) is 11.9 Å². The molecular formula is C17H22BrN2OS+. The molecule has 0 aliphatic rings. The van der Waals surface area contributed by atoms with Gasteiger partial charge in [-0.05, 0) is 48.6 Å². The number of carbonyl (C=O) groups excluding carboxylic acids is 1. The second kappa shape index (κ2) is 7.90. The lowest BCUT2D eigenvalue weighted by atomic mass is 10.1. The van der Waals surface area contributed by atoms with Crippen molar-refractivity contribution in [1.82, 2.24) is 5.32 Å². The van der Waals surface area contributed by atoms with E-state index >= 15 is 0 Å². The van der Waals surface area contributed by atoms with Gasteiger partial charge in [-0.1, -0.05) is 28.1 Å². The molecular weight excluding hydrogens is 360 g/mol. The quantitative estimate of drug-likeness (QED) is 0.792. The normalized spacial score (nSPS) is 13.6. The number of nitrogens with one attached hydrogen (secondary N) is 2. The Balaban J connectivity index is 1.84. The monoisotopic (exact) mass is 381 g/mol. The Morgan fingerprint density at radius 1 is 1.32 bits per heavy atom. The average Bonchev–Trinajstić information content (AvgIpc) is 2.84. The van der Waals surface area contributed by atoms with Crippen molar-refractivity contribution in [3.8, 4) is 0 Å². The number of hydrogen-bond donors (Lipinski definition) is 2. The van der Waals surface area contributed by atoms with Gasteiger partial charge in [-0.15, -0.1) is 11.3 Å². The van der Waals surface area contributed by atoms with E-state index in [1.54, 1.807) is 11.3 Å². The largest absolute Gasteiger partial charge is 0.345 e. The lowest BCUT2D eigenvalue weighted by Crippen LogP contribution is -3.08. The van der Waals surface area contributed by atoms with Crippen molar-refractivity contribution in [3.05, 3.63) is 56.2 Å². The lowest BCUT2D eigenvalue weighted by molar-refractivity contribution is -0.885. The first-order valence-electron chi connectivity index (χ1n) is 7.35. The van der Waals surface area contributed by atoms with E-state index < -0.39 is 0 Å². The van der Waals surface area contributed by atoms with Crippen LogP contribution in [0.3, 0.4) is 0 Å². The molecule has 1 aromatic carbocycles. The highest BCUT2D eigenvalue weighted by Crippen LogP contribution is 2.16. The summed E-state index contributed by atoms with van der Waals surface area (Å²) in [6.45, 7) is 5.51. The number of quaternary nitrogens is 1. The third-order valence-electron chi connectivity index (χ3n) is 3.64. The van der Waals surface area contributed by atoms with Crippen LogP contribution in [-0.2, 0) is 11.3 Å². The standard InChI is InChI=1S/C17H21BrN2OS/c1-12-8-9-22-16(12)10-20(3)11-17(21)19-13(2)14-4-6-15(18)7-5-14/h4-9,13H,10-11H2,1-3H3,(H,19,21)/p+1/t13-/m0/s1. The second-order valence-corrected chi connectivity index (χ2v) is 7.59. The van der Waals surface area contributed by atoms with E-state index in [4.69, 9.17) is 0 Å². The summed E-state index contributed by atoms with van der Waals surface area (Å²) in [5, 5.41) is 5.17. The van der Waals surface area contributed by atoms with Crippen LogP contribution in [0.15, 0.2) is 40.2 Å². The smallest absolute Gasteiger partial charge is 0.275 e. The highest BCUT2D eigenvalue weighted by atomic mass is 79.9. The summed E-state index contributed by atoms with van der Waals surface area (Å²) in [6.07, 6.45) is 0. The minimum absolute atomic E-state index is 0.0249. The molecule has 0 saturated heterocycles. The van der Waals surface area contributed by atoms with Gasteiger partial charge in [0.2, 0.25) is 0 Å². The number of hydrogen-bond acceptors (Lipinski definition) is 2. The van der Waals surface area contributed by atoms with Crippen molar-refractivity contribution < 1.29 is 9.69 Å². The van der Waals surface area contributed by atoms with Crippen molar-refractivity contribution in [2.75, 3.05) is 13.6 Å². The Morgan fingerprint density at radius 3 is 2.59 bits per heavy atom. The van der Waals surface area contributed by atoms with Crippen LogP contribution in [0.4, 0.5) is 0 Å². The van der Waals surface area contributed by atoms with E-state index in [1.165, 1.54) is 15.3 Å². The van der Waals surface area contributed by atoms with Crippen LogP contribution < -0.4 is 10.2 Å². The van der Waals surface area contributed by atoms with E-state index in [1.807, 2.05) is 31.2 Å². The van der Waals surface area contributed by atoms with Crippen molar-refractivity contribution in [2.45, 2.75) is 26.4 Å². The Morgan fingerprint density at radius 2 is 2.00 bits per heavy atom. The van der Waals surface area contributed by atoms with E-state index in [0.29, 0.717) is 6.54 Å². The molecule has 1 aromatic heterocycles. The molecule has 1 unspecified atom stereocenters. The molecule has 2 aromatic rings. The predicted molar refractivity (Wildman–Crippen MR) is 95.2 cm³/mol. The molecule has 0 aliphatic heterocycles. The van der Waals surface area contributed by atoms with Crippen LogP contribution in [-0.4, -0.2) is 19.5 Å². The average molecular weight is 382 g/mol. The van der Waals surface area contributed by atoms with Gasteiger partial charge in [0.15, 0.2) is 6.54 Å². The number of amides is 1. The van der Waals surface area contributed by atoms with Crippen molar-refractivity contribution in [2.24, 2.45) is 0 Å². The summed E-state index contributed by atoms with van der Waals surface area (Å²) in [7, 11) is 2.06. The SMILES string of the molecule is Cc1ccsc1C[NH+](C)CC(=O)N[C@@H](C)c1ccc(Br)cc1. The fraction of sp³-hybridized carbons (Fsp3) is 0.353. The van der Waals surface area contributed by atoms with Crippen LogP contribution in [0.2, 0.25) is 0 Å². The molecule has 0 aliphatic carbocycles. The minimum atomic E-state index is 0.0249. The van der Waals surface area contributed by atoms with E-state index in [0.717, 1.165) is 16.6 Å². The Labute approximate surface area is 144 Å². The molecule has 118 valence electrons. The van der Waals surface area contributed by atoms with Crippen molar-refractivity contribution >= 4 is 33.2 Å². The van der Waals surface area contributed by atoms with E-state index in [2.05, 4.69) is 46.7 Å². The number of thiophene rings is 1. The molecule has 2 N–H and O–H groups in total. The lowest BCUT2D eigenvalue weighted by Gasteiger charge is -2.17. The summed E-state index contributed by atoms with van der Waals surface area (Å²) in [6, 6.07) is 10.2. The van der Waals surface area contributed by atoms with Crippen LogP contribution >= 0.6 is 27.3 Å². The number of carbonyl (C=O) groups is 1. The first-order valence-corrected chi connectivity index (χ1v) is 9.02.